The molecule has 3 aliphatic rings. The summed E-state index contributed by atoms with van der Waals surface area (Å²) in [5.41, 5.74) is 3.64. The number of rotatable bonds is 19. The quantitative estimate of drug-likeness (QED) is 0.0475. The van der Waals surface area contributed by atoms with Crippen LogP contribution in [0.2, 0.25) is 0 Å². The minimum Gasteiger partial charge on any atom is -0.459 e. The zero-order valence-corrected chi connectivity index (χ0v) is 38.2. The third-order valence-corrected chi connectivity index (χ3v) is 12.7. The van der Waals surface area contributed by atoms with Gasteiger partial charge in [-0.15, -0.1) is 6.58 Å². The van der Waals surface area contributed by atoms with Crippen molar-refractivity contribution < 1.29 is 43.6 Å². The summed E-state index contributed by atoms with van der Waals surface area (Å²) in [6, 6.07) is 28.5. The molecule has 4 aromatic carbocycles. The summed E-state index contributed by atoms with van der Waals surface area (Å²) in [6.07, 6.45) is 7.46. The van der Waals surface area contributed by atoms with E-state index < -0.39 is 35.5 Å². The number of unbranched alkanes of at least 4 members (excludes halogenated alkanes) is 2. The fourth-order valence-electron chi connectivity index (χ4n) is 9.94. The molecule has 0 aromatic heterocycles. The molecule has 0 bridgehead atoms. The van der Waals surface area contributed by atoms with Gasteiger partial charge in [-0.3, -0.25) is 4.90 Å². The maximum Gasteiger partial charge on any atom is 0.412 e. The van der Waals surface area contributed by atoms with Gasteiger partial charge in [0.05, 0.1) is 31.4 Å². The lowest BCUT2D eigenvalue weighted by Gasteiger charge is -2.60. The molecule has 0 spiro atoms. The van der Waals surface area contributed by atoms with Crippen molar-refractivity contribution in [2.24, 2.45) is 22.9 Å². The number of ether oxygens (including phenoxy) is 4. The molecule has 12 nitrogen and oxygen atoms in total. The van der Waals surface area contributed by atoms with E-state index >= 15 is 0 Å². The standard InChI is InChI=1S/C53H65N3O9/c1-6-30-62-53-47(56(51(60)61-7-2)35-39-23-17-22-37-20-11-12-24-41(37)39)33-45(55-65-52(3,4)5)43-31-38(21-13-15-28-57)42(25-14-16-29-58)48(49(43)53)44-32-40(26-27-46(44)64-53)63-50(59)54-34-36-18-9-8-10-19-36/h6,8-12,17-20,22-24,26-27,31-32,38,42,47-49,57-58H,1,7,13-16,21,25,28-30,33-35H2,2-5H3,(H,54,59). The normalized spacial score (nSPS) is 22.8. The molecular formula is C53H65N3O9. The highest BCUT2D eigenvalue weighted by Gasteiger charge is 2.66. The van der Waals surface area contributed by atoms with Gasteiger partial charge in [-0.05, 0) is 111 Å². The number of aliphatic hydroxyl groups excluding tert-OH is 2. The third-order valence-electron chi connectivity index (χ3n) is 12.7. The Hall–Kier alpha value is -5.69. The zero-order chi connectivity index (χ0) is 46.0. The summed E-state index contributed by atoms with van der Waals surface area (Å²) in [5.74, 6) is -1.50. The van der Waals surface area contributed by atoms with E-state index in [4.69, 9.17) is 28.9 Å². The molecule has 346 valence electrons. The largest absolute Gasteiger partial charge is 0.459 e. The maximum absolute atomic E-state index is 14.7. The predicted octanol–water partition coefficient (Wildman–Crippen LogP) is 10.2. The first kappa shape index (κ1) is 47.3. The van der Waals surface area contributed by atoms with Crippen LogP contribution < -0.4 is 14.8 Å². The lowest BCUT2D eigenvalue weighted by atomic mass is 9.55. The highest BCUT2D eigenvalue weighted by molar-refractivity contribution is 6.03. The van der Waals surface area contributed by atoms with Crippen LogP contribution in [-0.4, -0.2) is 76.9 Å². The Kier molecular flexibility index (Phi) is 15.7. The van der Waals surface area contributed by atoms with Crippen LogP contribution >= 0.6 is 0 Å². The number of benzene rings is 4. The van der Waals surface area contributed by atoms with Gasteiger partial charge in [-0.2, -0.15) is 0 Å². The lowest BCUT2D eigenvalue weighted by molar-refractivity contribution is -0.256. The van der Waals surface area contributed by atoms with Crippen LogP contribution in [0.1, 0.15) is 95.2 Å². The van der Waals surface area contributed by atoms with Crippen molar-refractivity contribution >= 4 is 28.7 Å². The van der Waals surface area contributed by atoms with Crippen LogP contribution in [0.5, 0.6) is 11.5 Å². The molecule has 3 N–H and O–H groups in total. The Labute approximate surface area is 383 Å². The fraction of sp³-hybridized carbons (Fsp3) is 0.453. The molecule has 1 fully saturated rings. The minimum atomic E-state index is -1.50. The van der Waals surface area contributed by atoms with Crippen molar-refractivity contribution in [1.82, 2.24) is 10.2 Å². The maximum atomic E-state index is 14.7. The first-order valence-electron chi connectivity index (χ1n) is 23.2. The second-order valence-electron chi connectivity index (χ2n) is 18.2. The molecule has 1 aliphatic heterocycles. The van der Waals surface area contributed by atoms with E-state index in [-0.39, 0.29) is 57.1 Å². The second kappa shape index (κ2) is 21.5. The fourth-order valence-corrected chi connectivity index (χ4v) is 9.94. The summed E-state index contributed by atoms with van der Waals surface area (Å²) in [7, 11) is 0. The molecule has 2 amide bonds. The Bertz CT molecular complexity index is 2320. The van der Waals surface area contributed by atoms with Crippen LogP contribution in [0.25, 0.3) is 10.8 Å². The molecule has 2 aliphatic carbocycles. The van der Waals surface area contributed by atoms with E-state index in [1.165, 1.54) is 0 Å². The number of allylic oxidation sites excluding steroid dienone is 1. The molecule has 4 aromatic rings. The lowest BCUT2D eigenvalue weighted by Crippen LogP contribution is -2.70. The summed E-state index contributed by atoms with van der Waals surface area (Å²) >= 11 is 0. The van der Waals surface area contributed by atoms with Gasteiger partial charge in [-0.25, -0.2) is 9.59 Å². The van der Waals surface area contributed by atoms with Crippen molar-refractivity contribution in [2.45, 2.75) is 109 Å². The van der Waals surface area contributed by atoms with E-state index in [0.29, 0.717) is 36.6 Å². The topological polar surface area (TPSA) is 148 Å². The molecule has 65 heavy (non-hydrogen) atoms. The SMILES string of the molecule is C=CCOC12Oc3ccc(OC(=O)NCc4ccccc4)cc3C3C(CCCCO)C(CCCCO)C=C(C(=NOC(C)(C)C)CC1N(Cc1cccc4ccccc14)C(=O)OCC)C32. The molecule has 1 heterocycles. The Balaban J connectivity index is 1.43. The van der Waals surface area contributed by atoms with Gasteiger partial charge in [0.25, 0.3) is 0 Å². The number of nitrogens with one attached hydrogen (secondary N) is 1. The van der Waals surface area contributed by atoms with Crippen LogP contribution in [0.4, 0.5) is 9.59 Å². The van der Waals surface area contributed by atoms with Gasteiger partial charge in [0.1, 0.15) is 23.1 Å². The van der Waals surface area contributed by atoms with Crippen molar-refractivity contribution in [1.29, 1.82) is 0 Å². The molecular weight excluding hydrogens is 823 g/mol. The second-order valence-corrected chi connectivity index (χ2v) is 18.2. The average Bonchev–Trinajstić information content (AvgIpc) is 3.30. The highest BCUT2D eigenvalue weighted by Crippen LogP contribution is 2.62. The molecule has 7 rings (SSSR count). The number of nitrogens with zero attached hydrogens (tertiary/aromatic N) is 2. The van der Waals surface area contributed by atoms with E-state index in [9.17, 15) is 19.8 Å². The zero-order valence-electron chi connectivity index (χ0n) is 38.2. The monoisotopic (exact) mass is 887 g/mol. The number of amides is 2. The van der Waals surface area contributed by atoms with E-state index in [0.717, 1.165) is 58.7 Å². The first-order valence-corrected chi connectivity index (χ1v) is 23.2. The van der Waals surface area contributed by atoms with Gasteiger partial charge in [-0.1, -0.05) is 103 Å². The highest BCUT2D eigenvalue weighted by atomic mass is 16.7. The van der Waals surface area contributed by atoms with Crippen molar-refractivity contribution in [3.8, 4) is 11.5 Å². The summed E-state index contributed by atoms with van der Waals surface area (Å²) in [5, 5.41) is 29.8. The summed E-state index contributed by atoms with van der Waals surface area (Å²) in [6.45, 7) is 12.6. The van der Waals surface area contributed by atoms with Crippen LogP contribution in [0.15, 0.2) is 120 Å². The summed E-state index contributed by atoms with van der Waals surface area (Å²) in [4.78, 5) is 36.1. The van der Waals surface area contributed by atoms with E-state index in [1.807, 2.05) is 87.5 Å². The van der Waals surface area contributed by atoms with Crippen molar-refractivity contribution in [2.75, 3.05) is 26.4 Å². The Morgan fingerprint density at radius 2 is 1.69 bits per heavy atom. The summed E-state index contributed by atoms with van der Waals surface area (Å²) < 4.78 is 26.4. The Morgan fingerprint density at radius 1 is 0.954 bits per heavy atom. The van der Waals surface area contributed by atoms with Crippen LogP contribution in [-0.2, 0) is 27.4 Å². The molecule has 6 atom stereocenters. The van der Waals surface area contributed by atoms with Gasteiger partial charge in [0.15, 0.2) is 0 Å². The average molecular weight is 888 g/mol. The number of carbonyl (C=O) groups excluding carboxylic acids is 2. The smallest absolute Gasteiger partial charge is 0.412 e. The minimum absolute atomic E-state index is 0.0199. The van der Waals surface area contributed by atoms with Gasteiger partial charge in [0, 0.05) is 37.7 Å². The number of hydrogen-bond donors (Lipinski definition) is 3. The van der Waals surface area contributed by atoms with E-state index in [1.54, 1.807) is 24.0 Å². The Morgan fingerprint density at radius 3 is 2.43 bits per heavy atom. The molecule has 6 unspecified atom stereocenters. The van der Waals surface area contributed by atoms with Crippen LogP contribution in [0, 0.1) is 17.8 Å². The number of hydrogen-bond acceptors (Lipinski definition) is 10. The van der Waals surface area contributed by atoms with E-state index in [2.05, 4.69) is 36.2 Å². The van der Waals surface area contributed by atoms with Gasteiger partial charge in [0.2, 0.25) is 5.79 Å². The number of oxime groups is 1. The van der Waals surface area contributed by atoms with Crippen LogP contribution in [0.3, 0.4) is 0 Å². The predicted molar refractivity (Wildman–Crippen MR) is 252 cm³/mol. The molecule has 0 radical (unpaired) electrons. The van der Waals surface area contributed by atoms with Gasteiger partial charge < -0.3 is 39.3 Å². The number of fused-ring (bicyclic) bond motifs is 3. The molecule has 0 saturated heterocycles. The van der Waals surface area contributed by atoms with Crippen molar-refractivity contribution in [3.05, 3.63) is 132 Å². The number of carbonyl (C=O) groups is 2. The van der Waals surface area contributed by atoms with Gasteiger partial charge >= 0.3 is 12.2 Å². The molecule has 12 heteroatoms. The van der Waals surface area contributed by atoms with Crippen molar-refractivity contribution in [3.63, 3.8) is 0 Å². The third kappa shape index (κ3) is 10.9. The number of aliphatic hydroxyl groups is 2. The molecule has 1 saturated carbocycles. The first-order chi connectivity index (χ1) is 31.5.